The van der Waals surface area contributed by atoms with Crippen LogP contribution >= 0.6 is 0 Å². The molecular formula is C28H48O3Si. The highest BCUT2D eigenvalue weighted by Crippen LogP contribution is 2.68. The molecule has 1 aliphatic heterocycles. The Hall–Kier alpha value is -0.163. The van der Waals surface area contributed by atoms with Crippen molar-refractivity contribution in [2.24, 2.45) is 34.5 Å². The fourth-order valence-corrected chi connectivity index (χ4v) is 9.89. The zero-order valence-electron chi connectivity index (χ0n) is 22.2. The second-order valence-electron chi connectivity index (χ2n) is 14.3. The Morgan fingerprint density at radius 3 is 2.22 bits per heavy atom. The summed E-state index contributed by atoms with van der Waals surface area (Å²) in [6.45, 7) is 21.4. The van der Waals surface area contributed by atoms with E-state index in [1.165, 1.54) is 38.5 Å². The van der Waals surface area contributed by atoms with E-state index in [9.17, 15) is 0 Å². The lowest BCUT2D eigenvalue weighted by atomic mass is 9.44. The molecule has 3 nitrogen and oxygen atoms in total. The van der Waals surface area contributed by atoms with Crippen LogP contribution in [-0.4, -0.2) is 32.4 Å². The second kappa shape index (κ2) is 7.18. The number of hydrogen-bond acceptors (Lipinski definition) is 3. The van der Waals surface area contributed by atoms with Gasteiger partial charge < -0.3 is 13.9 Å². The lowest BCUT2D eigenvalue weighted by Crippen LogP contribution is -2.62. The third kappa shape index (κ3) is 3.29. The van der Waals surface area contributed by atoms with Crippen molar-refractivity contribution < 1.29 is 13.9 Å². The van der Waals surface area contributed by atoms with Crippen LogP contribution in [0.3, 0.4) is 0 Å². The fraction of sp³-hybridized carbons (Fsp3) is 0.929. The summed E-state index contributed by atoms with van der Waals surface area (Å²) < 4.78 is 20.6. The number of rotatable bonds is 2. The number of allylic oxidation sites excluding steroid dienone is 1. The monoisotopic (exact) mass is 460 g/mol. The first kappa shape index (κ1) is 23.6. The fourth-order valence-electron chi connectivity index (χ4n) is 8.43. The zero-order valence-corrected chi connectivity index (χ0v) is 23.2. The van der Waals surface area contributed by atoms with Crippen LogP contribution in [0.1, 0.15) is 87.0 Å². The lowest BCUT2D eigenvalue weighted by molar-refractivity contribution is -0.170. The predicted octanol–water partition coefficient (Wildman–Crippen LogP) is 7.33. The van der Waals surface area contributed by atoms with E-state index in [1.807, 2.05) is 0 Å². The molecule has 0 aromatic carbocycles. The molecule has 0 radical (unpaired) electrons. The van der Waals surface area contributed by atoms with Crippen molar-refractivity contribution in [2.75, 3.05) is 0 Å². The summed E-state index contributed by atoms with van der Waals surface area (Å²) in [5.41, 5.74) is 0.606. The minimum Gasteiger partial charge on any atom is -0.413 e. The minimum absolute atomic E-state index is 0.204. The van der Waals surface area contributed by atoms with Crippen LogP contribution in [0.25, 0.3) is 0 Å². The van der Waals surface area contributed by atoms with Crippen LogP contribution in [0.4, 0.5) is 0 Å². The highest BCUT2D eigenvalue weighted by atomic mass is 28.4. The highest BCUT2D eigenvalue weighted by molar-refractivity contribution is 6.74. The topological polar surface area (TPSA) is 27.7 Å². The maximum atomic E-state index is 7.16. The Bertz CT molecular complexity index is 782. The first-order valence-electron chi connectivity index (χ1n) is 13.4. The van der Waals surface area contributed by atoms with Crippen molar-refractivity contribution >= 4 is 8.32 Å². The molecule has 3 saturated carbocycles. The van der Waals surface area contributed by atoms with Gasteiger partial charge in [-0.2, -0.15) is 0 Å². The smallest absolute Gasteiger partial charge is 0.192 e. The van der Waals surface area contributed by atoms with Crippen LogP contribution in [0.5, 0.6) is 0 Å². The summed E-state index contributed by atoms with van der Waals surface area (Å²) in [7, 11) is -1.79. The van der Waals surface area contributed by atoms with Gasteiger partial charge in [-0.05, 0) is 99.1 Å². The summed E-state index contributed by atoms with van der Waals surface area (Å²) >= 11 is 0. The van der Waals surface area contributed by atoms with Crippen LogP contribution in [-0.2, 0) is 13.9 Å². The zero-order chi connectivity index (χ0) is 23.3. The normalized spacial score (nSPS) is 49.8. The lowest BCUT2D eigenvalue weighted by Gasteiger charge is -2.62. The molecule has 4 unspecified atom stereocenters. The SMILES string of the molecule is CC1(C)O[C@@H]2C3C(CC[C@@]4(C)C3CC[C@@H]4O[Si](C)(C)C(C)(C)C)[C@@]3(C)CCC=CC3[C@H]2O1. The van der Waals surface area contributed by atoms with Gasteiger partial charge in [-0.1, -0.05) is 46.8 Å². The summed E-state index contributed by atoms with van der Waals surface area (Å²) in [4.78, 5) is 0. The van der Waals surface area contributed by atoms with Gasteiger partial charge in [0.1, 0.15) is 0 Å². The van der Waals surface area contributed by atoms with Crippen molar-refractivity contribution in [1.82, 2.24) is 0 Å². The van der Waals surface area contributed by atoms with Crippen molar-refractivity contribution in [1.29, 1.82) is 0 Å². The van der Waals surface area contributed by atoms with Gasteiger partial charge in [-0.25, -0.2) is 0 Å². The number of fused-ring (bicyclic) bond motifs is 8. The van der Waals surface area contributed by atoms with Crippen molar-refractivity contribution in [3.05, 3.63) is 12.2 Å². The van der Waals surface area contributed by atoms with Crippen molar-refractivity contribution in [3.8, 4) is 0 Å². The maximum Gasteiger partial charge on any atom is 0.192 e. The van der Waals surface area contributed by atoms with Gasteiger partial charge in [-0.15, -0.1) is 0 Å². The first-order chi connectivity index (χ1) is 14.7. The summed E-state index contributed by atoms with van der Waals surface area (Å²) in [6.07, 6.45) is 13.4. The molecule has 0 amide bonds. The van der Waals surface area contributed by atoms with Gasteiger partial charge >= 0.3 is 0 Å². The molecule has 182 valence electrons. The predicted molar refractivity (Wildman–Crippen MR) is 133 cm³/mol. The van der Waals surface area contributed by atoms with Crippen molar-refractivity contribution in [2.45, 2.75) is 129 Å². The van der Waals surface area contributed by atoms with Crippen LogP contribution < -0.4 is 0 Å². The Kier molecular flexibility index (Phi) is 5.29. The largest absolute Gasteiger partial charge is 0.413 e. The van der Waals surface area contributed by atoms with E-state index in [1.54, 1.807) is 0 Å². The molecule has 0 bridgehead atoms. The van der Waals surface area contributed by atoms with Crippen LogP contribution in [0.15, 0.2) is 12.2 Å². The van der Waals surface area contributed by atoms with Crippen molar-refractivity contribution in [3.63, 3.8) is 0 Å². The number of hydrogen-bond donors (Lipinski definition) is 0. The van der Waals surface area contributed by atoms with Gasteiger partial charge in [0.15, 0.2) is 14.1 Å². The molecule has 0 aromatic heterocycles. The Labute approximate surface area is 198 Å². The molecule has 0 N–H and O–H groups in total. The quantitative estimate of drug-likeness (QED) is 0.319. The average molecular weight is 461 g/mol. The third-order valence-electron chi connectivity index (χ3n) is 11.2. The second-order valence-corrected chi connectivity index (χ2v) is 19.1. The maximum absolute atomic E-state index is 7.16. The first-order valence-corrected chi connectivity index (χ1v) is 16.3. The van der Waals surface area contributed by atoms with E-state index in [-0.39, 0.29) is 22.7 Å². The van der Waals surface area contributed by atoms with E-state index >= 15 is 0 Å². The molecule has 4 fully saturated rings. The Balaban J connectivity index is 1.50. The van der Waals surface area contributed by atoms with Gasteiger partial charge in [0.25, 0.3) is 0 Å². The van der Waals surface area contributed by atoms with E-state index in [4.69, 9.17) is 13.9 Å². The molecule has 9 atom stereocenters. The van der Waals surface area contributed by atoms with Crippen LogP contribution in [0, 0.1) is 34.5 Å². The Morgan fingerprint density at radius 2 is 1.53 bits per heavy atom. The molecule has 5 aliphatic rings. The van der Waals surface area contributed by atoms with E-state index in [0.29, 0.717) is 29.3 Å². The third-order valence-corrected chi connectivity index (χ3v) is 15.7. The molecule has 1 heterocycles. The molecule has 0 spiro atoms. The molecule has 4 heteroatoms. The van der Waals surface area contributed by atoms with Gasteiger partial charge in [0.05, 0.1) is 18.3 Å². The number of ether oxygens (including phenoxy) is 2. The molecule has 0 aromatic rings. The highest BCUT2D eigenvalue weighted by Gasteiger charge is 2.68. The van der Waals surface area contributed by atoms with E-state index in [2.05, 4.69) is 73.7 Å². The van der Waals surface area contributed by atoms with Gasteiger partial charge in [-0.3, -0.25) is 0 Å². The summed E-state index contributed by atoms with van der Waals surface area (Å²) in [5, 5.41) is 0.260. The van der Waals surface area contributed by atoms with Gasteiger partial charge in [0, 0.05) is 5.92 Å². The molecule has 1 saturated heterocycles. The molecule has 5 rings (SSSR count). The van der Waals surface area contributed by atoms with Crippen LogP contribution in [0.2, 0.25) is 18.1 Å². The summed E-state index contributed by atoms with van der Waals surface area (Å²) in [6, 6.07) is 0. The molecule has 4 aliphatic carbocycles. The minimum atomic E-state index is -1.79. The molecular weight excluding hydrogens is 412 g/mol. The molecule has 32 heavy (non-hydrogen) atoms. The Morgan fingerprint density at radius 1 is 0.875 bits per heavy atom. The van der Waals surface area contributed by atoms with E-state index in [0.717, 1.165) is 5.92 Å². The summed E-state index contributed by atoms with van der Waals surface area (Å²) in [5.74, 6) is 2.04. The van der Waals surface area contributed by atoms with E-state index < -0.39 is 14.1 Å². The standard InChI is InChI=1S/C28H48O3Si/c1-25(2,3)32(8,9)31-21-14-13-18-22-19(15-17-28(18,21)7)27(6)16-11-10-12-20(27)23-24(22)30-26(4,5)29-23/h10,12,18-24H,11,13-17H2,1-9H3/t18?,19?,20?,21-,22?,23+,24+,27+,28-/m0/s1. The average Bonchev–Trinajstić information content (AvgIpc) is 3.16. The van der Waals surface area contributed by atoms with Gasteiger partial charge in [0.2, 0.25) is 0 Å².